The van der Waals surface area contributed by atoms with Gasteiger partial charge in [-0.15, -0.1) is 0 Å². The van der Waals surface area contributed by atoms with Crippen molar-refractivity contribution in [3.05, 3.63) is 53.9 Å². The van der Waals surface area contributed by atoms with Crippen molar-refractivity contribution in [2.45, 2.75) is 6.54 Å². The number of hydrogen-bond donors (Lipinski definition) is 0. The summed E-state index contributed by atoms with van der Waals surface area (Å²) in [6, 6.07) is 12.2. The molecule has 142 valence electrons. The zero-order valence-corrected chi connectivity index (χ0v) is 15.5. The summed E-state index contributed by atoms with van der Waals surface area (Å²) in [5.74, 6) is 0.609. The Morgan fingerprint density at radius 1 is 0.963 bits per heavy atom. The molecule has 2 aliphatic rings. The second-order valence-corrected chi connectivity index (χ2v) is 6.90. The first-order chi connectivity index (χ1) is 13.3. The summed E-state index contributed by atoms with van der Waals surface area (Å²) < 4.78 is 5.32. The lowest BCUT2D eigenvalue weighted by atomic mass is 10.2. The highest BCUT2D eigenvalue weighted by Crippen LogP contribution is 2.14. The molecule has 2 aromatic rings. The molecule has 0 aliphatic carbocycles. The number of morpholine rings is 1. The molecule has 0 atom stereocenters. The smallest absolute Gasteiger partial charge is 0.272 e. The Balaban J connectivity index is 1.36. The van der Waals surface area contributed by atoms with E-state index < -0.39 is 0 Å². The summed E-state index contributed by atoms with van der Waals surface area (Å²) in [4.78, 5) is 28.0. The Bertz CT molecular complexity index is 756. The maximum Gasteiger partial charge on any atom is 0.272 e. The summed E-state index contributed by atoms with van der Waals surface area (Å²) in [6.07, 6.45) is 1.69. The molecule has 1 aromatic heterocycles. The van der Waals surface area contributed by atoms with Crippen LogP contribution >= 0.6 is 0 Å². The van der Waals surface area contributed by atoms with Gasteiger partial charge in [-0.05, 0) is 11.6 Å². The number of benzene rings is 1. The number of hydrogen-bond acceptors (Lipinski definition) is 6. The third-order valence-corrected chi connectivity index (χ3v) is 5.06. The van der Waals surface area contributed by atoms with Crippen LogP contribution in [0.5, 0.6) is 0 Å². The van der Waals surface area contributed by atoms with Crippen LogP contribution in [0.4, 0.5) is 5.95 Å². The van der Waals surface area contributed by atoms with Gasteiger partial charge in [-0.2, -0.15) is 0 Å². The first-order valence-electron chi connectivity index (χ1n) is 9.51. The average molecular weight is 367 g/mol. The molecule has 0 bridgehead atoms. The second kappa shape index (κ2) is 8.45. The van der Waals surface area contributed by atoms with E-state index in [9.17, 15) is 4.79 Å². The third kappa shape index (κ3) is 4.43. The van der Waals surface area contributed by atoms with E-state index >= 15 is 0 Å². The molecule has 0 spiro atoms. The Kier molecular flexibility index (Phi) is 5.60. The van der Waals surface area contributed by atoms with Crippen molar-refractivity contribution in [3.63, 3.8) is 0 Å². The first kappa shape index (κ1) is 17.9. The lowest BCUT2D eigenvalue weighted by molar-refractivity contribution is 0.0299. The Morgan fingerprint density at radius 2 is 1.70 bits per heavy atom. The Hall–Kier alpha value is -2.51. The van der Waals surface area contributed by atoms with E-state index in [2.05, 4.69) is 44.0 Å². The molecule has 7 heteroatoms. The van der Waals surface area contributed by atoms with Gasteiger partial charge in [0.25, 0.3) is 5.91 Å². The van der Waals surface area contributed by atoms with Crippen molar-refractivity contribution >= 4 is 11.9 Å². The highest BCUT2D eigenvalue weighted by atomic mass is 16.5. The molecule has 0 saturated carbocycles. The Labute approximate surface area is 159 Å². The third-order valence-electron chi connectivity index (χ3n) is 5.06. The highest BCUT2D eigenvalue weighted by molar-refractivity contribution is 5.92. The van der Waals surface area contributed by atoms with Gasteiger partial charge in [0, 0.05) is 52.0 Å². The van der Waals surface area contributed by atoms with E-state index in [1.807, 2.05) is 6.07 Å². The number of rotatable bonds is 4. The minimum Gasteiger partial charge on any atom is -0.378 e. The van der Waals surface area contributed by atoms with Gasteiger partial charge in [-0.1, -0.05) is 30.3 Å². The summed E-state index contributed by atoms with van der Waals surface area (Å²) in [7, 11) is 0. The minimum atomic E-state index is -0.0373. The van der Waals surface area contributed by atoms with Crippen LogP contribution in [0.15, 0.2) is 42.6 Å². The number of aromatic nitrogens is 2. The molecule has 0 radical (unpaired) electrons. The number of ether oxygens (including phenoxy) is 1. The average Bonchev–Trinajstić information content (AvgIpc) is 2.75. The van der Waals surface area contributed by atoms with Gasteiger partial charge >= 0.3 is 0 Å². The number of nitrogens with zero attached hydrogens (tertiary/aromatic N) is 5. The maximum absolute atomic E-state index is 12.6. The van der Waals surface area contributed by atoms with Crippen LogP contribution in [0.2, 0.25) is 0 Å². The van der Waals surface area contributed by atoms with E-state index in [0.717, 1.165) is 32.7 Å². The van der Waals surface area contributed by atoms with Crippen LogP contribution < -0.4 is 4.90 Å². The number of anilines is 1. The van der Waals surface area contributed by atoms with Gasteiger partial charge in [-0.25, -0.2) is 9.97 Å². The van der Waals surface area contributed by atoms with E-state index in [1.165, 1.54) is 5.56 Å². The van der Waals surface area contributed by atoms with Crippen LogP contribution in [0, 0.1) is 0 Å². The molecule has 2 aliphatic heterocycles. The zero-order chi connectivity index (χ0) is 18.5. The van der Waals surface area contributed by atoms with E-state index in [1.54, 1.807) is 17.2 Å². The van der Waals surface area contributed by atoms with Gasteiger partial charge < -0.3 is 14.5 Å². The molecule has 0 unspecified atom stereocenters. The number of carbonyl (C=O) groups excluding carboxylic acids is 1. The molecule has 0 N–H and O–H groups in total. The highest BCUT2D eigenvalue weighted by Gasteiger charge is 2.23. The largest absolute Gasteiger partial charge is 0.378 e. The van der Waals surface area contributed by atoms with Gasteiger partial charge in [0.15, 0.2) is 0 Å². The number of amides is 1. The van der Waals surface area contributed by atoms with Gasteiger partial charge in [0.05, 0.1) is 13.2 Å². The number of piperazine rings is 1. The second-order valence-electron chi connectivity index (χ2n) is 6.90. The molecule has 4 rings (SSSR count). The van der Waals surface area contributed by atoms with Crippen LogP contribution in [-0.4, -0.2) is 78.2 Å². The molecule has 7 nitrogen and oxygen atoms in total. The fourth-order valence-electron chi connectivity index (χ4n) is 3.50. The van der Waals surface area contributed by atoms with Crippen molar-refractivity contribution in [1.29, 1.82) is 0 Å². The van der Waals surface area contributed by atoms with Crippen molar-refractivity contribution in [2.24, 2.45) is 0 Å². The zero-order valence-electron chi connectivity index (χ0n) is 15.5. The van der Waals surface area contributed by atoms with E-state index in [0.29, 0.717) is 37.9 Å². The lowest BCUT2D eigenvalue weighted by Crippen LogP contribution is -2.46. The molecule has 2 fully saturated rings. The summed E-state index contributed by atoms with van der Waals surface area (Å²) >= 11 is 0. The standard InChI is InChI=1S/C20H25N5O2/c26-19(24-12-14-27-15-13-24)18-6-7-21-20(22-18)25-10-8-23(9-11-25)16-17-4-2-1-3-5-17/h1-7H,8-16H2. The predicted molar refractivity (Wildman–Crippen MR) is 103 cm³/mol. The van der Waals surface area contributed by atoms with Crippen molar-refractivity contribution in [2.75, 3.05) is 57.4 Å². The summed E-state index contributed by atoms with van der Waals surface area (Å²) in [5.41, 5.74) is 1.80. The van der Waals surface area contributed by atoms with Crippen LogP contribution in [-0.2, 0) is 11.3 Å². The molecule has 27 heavy (non-hydrogen) atoms. The van der Waals surface area contributed by atoms with Crippen molar-refractivity contribution < 1.29 is 9.53 Å². The Morgan fingerprint density at radius 3 is 2.44 bits per heavy atom. The van der Waals surface area contributed by atoms with E-state index in [4.69, 9.17) is 4.74 Å². The van der Waals surface area contributed by atoms with Crippen LogP contribution in [0.1, 0.15) is 16.1 Å². The molecular formula is C20H25N5O2. The molecule has 1 amide bonds. The first-order valence-corrected chi connectivity index (χ1v) is 9.51. The molecular weight excluding hydrogens is 342 g/mol. The summed E-state index contributed by atoms with van der Waals surface area (Å²) in [5, 5.41) is 0. The molecule has 2 saturated heterocycles. The van der Waals surface area contributed by atoms with Crippen LogP contribution in [0.3, 0.4) is 0 Å². The van der Waals surface area contributed by atoms with Gasteiger partial charge in [0.1, 0.15) is 5.69 Å². The topological polar surface area (TPSA) is 61.8 Å². The number of carbonyl (C=O) groups is 1. The predicted octanol–water partition coefficient (Wildman–Crippen LogP) is 1.27. The monoisotopic (exact) mass is 367 g/mol. The summed E-state index contributed by atoms with van der Waals surface area (Å²) in [6.45, 7) is 7.03. The molecule has 1 aromatic carbocycles. The van der Waals surface area contributed by atoms with Gasteiger partial charge in [-0.3, -0.25) is 9.69 Å². The molecule has 3 heterocycles. The fourth-order valence-corrected chi connectivity index (χ4v) is 3.50. The lowest BCUT2D eigenvalue weighted by Gasteiger charge is -2.35. The van der Waals surface area contributed by atoms with Crippen molar-refractivity contribution in [3.8, 4) is 0 Å². The van der Waals surface area contributed by atoms with Gasteiger partial charge in [0.2, 0.25) is 5.95 Å². The van der Waals surface area contributed by atoms with Crippen LogP contribution in [0.25, 0.3) is 0 Å². The van der Waals surface area contributed by atoms with E-state index in [-0.39, 0.29) is 5.91 Å². The quantitative estimate of drug-likeness (QED) is 0.811. The fraction of sp³-hybridized carbons (Fsp3) is 0.450. The SMILES string of the molecule is O=C(c1ccnc(N2CCN(Cc3ccccc3)CC2)n1)N1CCOCC1. The normalized spacial score (nSPS) is 18.5. The maximum atomic E-state index is 12.6. The minimum absolute atomic E-state index is 0.0373. The van der Waals surface area contributed by atoms with Crippen molar-refractivity contribution in [1.82, 2.24) is 19.8 Å².